The summed E-state index contributed by atoms with van der Waals surface area (Å²) in [5.41, 5.74) is 17.6. The van der Waals surface area contributed by atoms with Gasteiger partial charge in [0.05, 0.1) is 46.9 Å². The Morgan fingerprint density at radius 1 is 0.714 bits per heavy atom. The van der Waals surface area contributed by atoms with Gasteiger partial charge in [-0.3, -0.25) is 9.59 Å². The van der Waals surface area contributed by atoms with Crippen molar-refractivity contribution >= 4 is 40.3 Å². The Hall–Kier alpha value is -4.15. The third kappa shape index (κ3) is 5.77. The highest BCUT2D eigenvalue weighted by molar-refractivity contribution is 5.98. The van der Waals surface area contributed by atoms with Crippen LogP contribution in [0.2, 0.25) is 0 Å². The molecule has 3 aliphatic heterocycles. The summed E-state index contributed by atoms with van der Waals surface area (Å²) >= 11 is 0. The molecule has 4 unspecified atom stereocenters. The fourth-order valence-electron chi connectivity index (χ4n) is 6.47. The lowest BCUT2D eigenvalue weighted by Crippen LogP contribution is -2.35. The number of benzene rings is 3. The monoisotopic (exact) mass is 571 g/mol. The number of carbonyl (C=O) groups excluding carboxylic acids is 2. The smallest absolute Gasteiger partial charge is 0.241 e. The zero-order valence-electron chi connectivity index (χ0n) is 23.5. The fraction of sp³-hybridized carbons (Fsp3) is 0.375. The van der Waals surface area contributed by atoms with E-state index < -0.39 is 0 Å². The van der Waals surface area contributed by atoms with Crippen molar-refractivity contribution in [3.05, 3.63) is 77.6 Å². The number of nitrogens with two attached hydrogens (primary N) is 2. The van der Waals surface area contributed by atoms with E-state index >= 15 is 0 Å². The molecule has 0 spiro atoms. The lowest BCUT2D eigenvalue weighted by molar-refractivity contribution is -0.118. The van der Waals surface area contributed by atoms with Gasteiger partial charge in [0.15, 0.2) is 0 Å². The van der Waals surface area contributed by atoms with Crippen LogP contribution in [-0.4, -0.2) is 37.0 Å². The van der Waals surface area contributed by atoms with Crippen molar-refractivity contribution in [2.45, 2.75) is 62.7 Å². The molecule has 3 fully saturated rings. The van der Waals surface area contributed by atoms with Crippen molar-refractivity contribution in [3.8, 4) is 0 Å². The summed E-state index contributed by atoms with van der Waals surface area (Å²) in [5.74, 6) is -0.470. The van der Waals surface area contributed by atoms with Crippen molar-refractivity contribution < 1.29 is 14.0 Å². The Balaban J connectivity index is 1.31. The van der Waals surface area contributed by atoms with Gasteiger partial charge >= 0.3 is 0 Å². The number of rotatable bonds is 7. The van der Waals surface area contributed by atoms with Crippen molar-refractivity contribution in [2.24, 2.45) is 0 Å². The molecule has 8 N–H and O–H groups in total. The second-order valence-electron chi connectivity index (χ2n) is 11.5. The average molecular weight is 572 g/mol. The summed E-state index contributed by atoms with van der Waals surface area (Å²) < 4.78 is 14.0. The van der Waals surface area contributed by atoms with Gasteiger partial charge in [0.1, 0.15) is 5.82 Å². The fourth-order valence-corrected chi connectivity index (χ4v) is 6.47. The van der Waals surface area contributed by atoms with Crippen LogP contribution in [-0.2, 0) is 9.59 Å². The number of nitrogens with zero attached hydrogens (tertiary/aromatic N) is 1. The van der Waals surface area contributed by atoms with Gasteiger partial charge < -0.3 is 37.6 Å². The Bertz CT molecular complexity index is 1360. The van der Waals surface area contributed by atoms with E-state index in [4.69, 9.17) is 11.5 Å². The zero-order valence-corrected chi connectivity index (χ0v) is 23.5. The van der Waals surface area contributed by atoms with Gasteiger partial charge in [0.2, 0.25) is 11.8 Å². The van der Waals surface area contributed by atoms with Gasteiger partial charge in [-0.2, -0.15) is 0 Å². The third-order valence-corrected chi connectivity index (χ3v) is 8.70. The van der Waals surface area contributed by atoms with E-state index in [-0.39, 0.29) is 41.8 Å². The van der Waals surface area contributed by atoms with Crippen LogP contribution >= 0.6 is 0 Å². The first-order valence-corrected chi connectivity index (χ1v) is 14.8. The maximum Gasteiger partial charge on any atom is 0.241 e. The molecule has 0 aromatic heterocycles. The van der Waals surface area contributed by atoms with Crippen LogP contribution in [0, 0.1) is 5.82 Å². The summed E-state index contributed by atoms with van der Waals surface area (Å²) in [6, 6.07) is 17.5. The average Bonchev–Trinajstić information content (AvgIpc) is 3.78. The van der Waals surface area contributed by atoms with Crippen LogP contribution in [0.3, 0.4) is 0 Å². The lowest BCUT2D eigenvalue weighted by Gasteiger charge is -2.34. The molecule has 3 aromatic carbocycles. The lowest BCUT2D eigenvalue weighted by atomic mass is 10.0. The Labute approximate surface area is 245 Å². The summed E-state index contributed by atoms with van der Waals surface area (Å²) in [4.78, 5) is 28.0. The van der Waals surface area contributed by atoms with Crippen molar-refractivity contribution in [1.29, 1.82) is 0 Å². The molecule has 3 aromatic rings. The summed E-state index contributed by atoms with van der Waals surface area (Å²) in [6.45, 7) is 1.66. The number of hydrogen-bond donors (Lipinski definition) is 6. The third-order valence-electron chi connectivity index (χ3n) is 8.70. The molecule has 6 rings (SSSR count). The molecular formula is C32H38FN7O2. The van der Waals surface area contributed by atoms with E-state index in [2.05, 4.69) is 26.2 Å². The van der Waals surface area contributed by atoms with Crippen LogP contribution in [0.25, 0.3) is 0 Å². The minimum Gasteiger partial charge on any atom is -0.397 e. The van der Waals surface area contributed by atoms with Crippen LogP contribution in [0.4, 0.5) is 32.8 Å². The van der Waals surface area contributed by atoms with Gasteiger partial charge in [-0.15, -0.1) is 0 Å². The minimum atomic E-state index is -0.304. The SMILES string of the molecule is Nc1ccc(C2CCC(c3ccc(N)c(NC(=O)C4CCCN4)c3)N2c2ccc(F)cc2)cc1NC(=O)C1CCCN1. The summed E-state index contributed by atoms with van der Waals surface area (Å²) in [5, 5.41) is 12.5. The molecule has 0 saturated carbocycles. The van der Waals surface area contributed by atoms with E-state index in [1.807, 2.05) is 36.4 Å². The van der Waals surface area contributed by atoms with Crippen LogP contribution < -0.4 is 37.6 Å². The molecule has 4 atom stereocenters. The zero-order chi connectivity index (χ0) is 29.2. The normalized spacial score (nSPS) is 23.7. The topological polar surface area (TPSA) is 138 Å². The van der Waals surface area contributed by atoms with Crippen molar-refractivity contribution in [1.82, 2.24) is 10.6 Å². The largest absolute Gasteiger partial charge is 0.397 e. The number of anilines is 5. The maximum atomic E-state index is 14.0. The number of carbonyl (C=O) groups is 2. The first kappa shape index (κ1) is 28.0. The Morgan fingerprint density at radius 3 is 1.62 bits per heavy atom. The van der Waals surface area contributed by atoms with Gasteiger partial charge in [-0.25, -0.2) is 4.39 Å². The summed E-state index contributed by atoms with van der Waals surface area (Å²) in [7, 11) is 0. The Kier molecular flexibility index (Phi) is 7.99. The predicted octanol–water partition coefficient (Wildman–Crippen LogP) is 4.45. The van der Waals surface area contributed by atoms with Crippen molar-refractivity contribution in [3.63, 3.8) is 0 Å². The van der Waals surface area contributed by atoms with Gasteiger partial charge in [0, 0.05) is 5.69 Å². The van der Waals surface area contributed by atoms with E-state index in [1.165, 1.54) is 12.1 Å². The van der Waals surface area contributed by atoms with Gasteiger partial charge in [-0.1, -0.05) is 12.1 Å². The van der Waals surface area contributed by atoms with E-state index in [0.29, 0.717) is 22.7 Å². The molecule has 42 heavy (non-hydrogen) atoms. The first-order valence-electron chi connectivity index (χ1n) is 14.8. The number of amides is 2. The molecule has 2 amide bonds. The molecule has 3 heterocycles. The van der Waals surface area contributed by atoms with E-state index in [9.17, 15) is 14.0 Å². The standard InChI is InChI=1S/C32H38FN7O2/c33-21-7-9-22(10-8-21)40-29(19-5-11-23(34)27(17-19)38-31(41)25-3-1-15-36-25)13-14-30(40)20-6-12-24(35)28(18-20)39-32(42)26-4-2-16-37-26/h5-12,17-18,25-26,29-30,36-37H,1-4,13-16,34-35H2,(H,38,41)(H,39,42). The predicted molar refractivity (Wildman–Crippen MR) is 165 cm³/mol. The van der Waals surface area contributed by atoms with E-state index in [0.717, 1.165) is 68.4 Å². The molecule has 0 aliphatic carbocycles. The molecule has 3 aliphatic rings. The molecule has 10 heteroatoms. The number of hydrogen-bond acceptors (Lipinski definition) is 7. The quantitative estimate of drug-likeness (QED) is 0.231. The number of nitrogen functional groups attached to an aromatic ring is 2. The molecule has 9 nitrogen and oxygen atoms in total. The highest BCUT2D eigenvalue weighted by atomic mass is 19.1. The number of halogens is 1. The molecule has 0 radical (unpaired) electrons. The summed E-state index contributed by atoms with van der Waals surface area (Å²) in [6.07, 6.45) is 5.18. The highest BCUT2D eigenvalue weighted by Gasteiger charge is 2.36. The molecule has 220 valence electrons. The van der Waals surface area contributed by atoms with Gasteiger partial charge in [-0.05, 0) is 111 Å². The maximum absolute atomic E-state index is 14.0. The second-order valence-corrected chi connectivity index (χ2v) is 11.5. The second kappa shape index (κ2) is 12.0. The highest BCUT2D eigenvalue weighted by Crippen LogP contribution is 2.48. The van der Waals surface area contributed by atoms with E-state index in [1.54, 1.807) is 12.1 Å². The van der Waals surface area contributed by atoms with Crippen molar-refractivity contribution in [2.75, 3.05) is 40.1 Å². The van der Waals surface area contributed by atoms with Crippen LogP contribution in [0.15, 0.2) is 60.7 Å². The van der Waals surface area contributed by atoms with Gasteiger partial charge in [0.25, 0.3) is 0 Å². The van der Waals surface area contributed by atoms with Crippen LogP contribution in [0.1, 0.15) is 61.7 Å². The van der Waals surface area contributed by atoms with Crippen LogP contribution in [0.5, 0.6) is 0 Å². The molecule has 0 bridgehead atoms. The molecular weight excluding hydrogens is 533 g/mol. The molecule has 3 saturated heterocycles. The first-order chi connectivity index (χ1) is 20.4. The Morgan fingerprint density at radius 2 is 1.19 bits per heavy atom. The minimum absolute atomic E-state index is 0.0559. The number of nitrogens with one attached hydrogen (secondary N) is 4.